The molecule has 0 radical (unpaired) electrons. The Labute approximate surface area is 230 Å². The summed E-state index contributed by atoms with van der Waals surface area (Å²) in [5, 5.41) is 11.5. The summed E-state index contributed by atoms with van der Waals surface area (Å²) in [5.74, 6) is -1.19. The zero-order valence-electron chi connectivity index (χ0n) is 20.2. The standard InChI is InChI=1S/C24H19ClF3N5O5S2/c25-17-4-2-1-3-16(17)20-21(23(34)30-15-9-10-39(35,36)12-15)31-18-11-19(40(29,37)38)32-33(18)22(20)13-5-7-14(8-6-13)24(26,27)28/h1-8,11,15H,9-10,12H2,(H,30,34)(H2,29,37,38)/t15-/m1/s1. The number of nitrogens with two attached hydrogens (primary N) is 1. The number of nitrogens with one attached hydrogen (secondary N) is 1. The maximum atomic E-state index is 13.6. The SMILES string of the molecule is NS(=O)(=O)c1cc2nc(C(=O)N[C@@H]3CCS(=O)(=O)C3)c(-c3ccccc3Cl)c(-c3ccc(C(F)(F)F)cc3)n2n1. The van der Waals surface area contributed by atoms with E-state index in [9.17, 15) is 34.8 Å². The van der Waals surface area contributed by atoms with E-state index in [1.807, 2.05) is 0 Å². The molecule has 4 aromatic rings. The van der Waals surface area contributed by atoms with Crippen molar-refractivity contribution in [2.45, 2.75) is 23.7 Å². The topological polar surface area (TPSA) is 154 Å². The Morgan fingerprint density at radius 2 is 1.80 bits per heavy atom. The molecule has 3 N–H and O–H groups in total. The van der Waals surface area contributed by atoms with Crippen molar-refractivity contribution in [3.8, 4) is 22.4 Å². The third kappa shape index (κ3) is 5.41. The molecular weight excluding hydrogens is 595 g/mol. The summed E-state index contributed by atoms with van der Waals surface area (Å²) in [6.07, 6.45) is -4.46. The van der Waals surface area contributed by atoms with Gasteiger partial charge in [0.15, 0.2) is 20.5 Å². The number of hydrogen-bond donors (Lipinski definition) is 2. The van der Waals surface area contributed by atoms with Crippen molar-refractivity contribution in [1.29, 1.82) is 0 Å². The molecule has 210 valence electrons. The highest BCUT2D eigenvalue weighted by molar-refractivity contribution is 7.91. The highest BCUT2D eigenvalue weighted by Crippen LogP contribution is 2.40. The van der Waals surface area contributed by atoms with E-state index in [-0.39, 0.29) is 56.7 Å². The minimum absolute atomic E-state index is 0.00548. The van der Waals surface area contributed by atoms with E-state index in [0.717, 1.165) is 34.8 Å². The molecule has 10 nitrogen and oxygen atoms in total. The van der Waals surface area contributed by atoms with Crippen molar-refractivity contribution < 1.29 is 34.8 Å². The Balaban J connectivity index is 1.82. The fourth-order valence-electron chi connectivity index (χ4n) is 4.45. The van der Waals surface area contributed by atoms with Crippen LogP contribution in [0.15, 0.2) is 59.6 Å². The number of rotatable bonds is 5. The minimum Gasteiger partial charge on any atom is -0.347 e. The molecule has 3 heterocycles. The lowest BCUT2D eigenvalue weighted by Crippen LogP contribution is -2.36. The van der Waals surface area contributed by atoms with Gasteiger partial charge in [-0.25, -0.2) is 31.5 Å². The van der Waals surface area contributed by atoms with Crippen LogP contribution in [0, 0.1) is 0 Å². The van der Waals surface area contributed by atoms with Gasteiger partial charge in [0.05, 0.1) is 22.8 Å². The molecule has 1 saturated heterocycles. The molecule has 0 bridgehead atoms. The van der Waals surface area contributed by atoms with Crippen LogP contribution in [0.25, 0.3) is 28.0 Å². The Bertz CT molecular complexity index is 1880. The molecule has 1 atom stereocenters. The third-order valence-corrected chi connectivity index (χ3v) is 9.16. The molecule has 0 unspecified atom stereocenters. The van der Waals surface area contributed by atoms with Gasteiger partial charge < -0.3 is 5.32 Å². The van der Waals surface area contributed by atoms with Crippen LogP contribution >= 0.6 is 11.6 Å². The van der Waals surface area contributed by atoms with Crippen LogP contribution in [0.4, 0.5) is 13.2 Å². The Hall–Kier alpha value is -3.53. The summed E-state index contributed by atoms with van der Waals surface area (Å²) in [7, 11) is -7.70. The van der Waals surface area contributed by atoms with Gasteiger partial charge in [0, 0.05) is 33.8 Å². The van der Waals surface area contributed by atoms with Crippen molar-refractivity contribution >= 4 is 43.0 Å². The summed E-state index contributed by atoms with van der Waals surface area (Å²) < 4.78 is 89.1. The van der Waals surface area contributed by atoms with Crippen molar-refractivity contribution in [3.63, 3.8) is 0 Å². The summed E-state index contributed by atoms with van der Waals surface area (Å²) in [4.78, 5) is 17.9. The van der Waals surface area contributed by atoms with Crippen LogP contribution in [0.2, 0.25) is 5.02 Å². The Morgan fingerprint density at radius 3 is 2.38 bits per heavy atom. The lowest BCUT2D eigenvalue weighted by molar-refractivity contribution is -0.137. The van der Waals surface area contributed by atoms with Gasteiger partial charge in [0.25, 0.3) is 15.9 Å². The van der Waals surface area contributed by atoms with E-state index in [4.69, 9.17) is 16.7 Å². The molecule has 5 rings (SSSR count). The summed E-state index contributed by atoms with van der Waals surface area (Å²) in [6, 6.07) is 10.5. The normalized spacial score (nSPS) is 17.3. The molecule has 1 fully saturated rings. The second-order valence-corrected chi connectivity index (χ2v) is 13.3. The van der Waals surface area contributed by atoms with Gasteiger partial charge >= 0.3 is 6.18 Å². The van der Waals surface area contributed by atoms with Crippen LogP contribution < -0.4 is 10.5 Å². The van der Waals surface area contributed by atoms with E-state index in [0.29, 0.717) is 0 Å². The molecule has 16 heteroatoms. The third-order valence-electron chi connectivity index (χ3n) is 6.28. The number of aromatic nitrogens is 3. The monoisotopic (exact) mass is 613 g/mol. The molecule has 0 aliphatic carbocycles. The number of halogens is 4. The summed E-state index contributed by atoms with van der Waals surface area (Å²) >= 11 is 6.48. The molecule has 1 aliphatic heterocycles. The molecule has 40 heavy (non-hydrogen) atoms. The highest BCUT2D eigenvalue weighted by Gasteiger charge is 2.33. The number of benzene rings is 2. The average Bonchev–Trinajstić information content (AvgIpc) is 3.45. The number of nitrogens with zero attached hydrogens (tertiary/aromatic N) is 3. The number of carbonyl (C=O) groups is 1. The molecule has 0 spiro atoms. The van der Waals surface area contributed by atoms with Crippen LogP contribution in [-0.2, 0) is 26.0 Å². The van der Waals surface area contributed by atoms with Gasteiger partial charge in [0.2, 0.25) is 0 Å². The number of alkyl halides is 3. The number of sulfonamides is 1. The first-order valence-corrected chi connectivity index (χ1v) is 15.3. The predicted molar refractivity (Wildman–Crippen MR) is 140 cm³/mol. The lowest BCUT2D eigenvalue weighted by atomic mass is 9.96. The van der Waals surface area contributed by atoms with Gasteiger partial charge in [-0.1, -0.05) is 41.9 Å². The van der Waals surface area contributed by atoms with Gasteiger partial charge in [-0.2, -0.15) is 18.3 Å². The van der Waals surface area contributed by atoms with Crippen molar-refractivity contribution in [2.24, 2.45) is 5.14 Å². The van der Waals surface area contributed by atoms with E-state index in [2.05, 4.69) is 15.4 Å². The van der Waals surface area contributed by atoms with E-state index in [1.54, 1.807) is 18.2 Å². The van der Waals surface area contributed by atoms with E-state index >= 15 is 0 Å². The van der Waals surface area contributed by atoms with Gasteiger partial charge in [0.1, 0.15) is 5.69 Å². The Morgan fingerprint density at radius 1 is 1.12 bits per heavy atom. The fraction of sp³-hybridized carbons (Fsp3) is 0.208. The van der Waals surface area contributed by atoms with Crippen LogP contribution in [0.3, 0.4) is 0 Å². The molecule has 1 amide bonds. The maximum absolute atomic E-state index is 13.6. The van der Waals surface area contributed by atoms with Crippen LogP contribution in [-0.4, -0.2) is 54.9 Å². The van der Waals surface area contributed by atoms with Gasteiger partial charge in [-0.3, -0.25) is 4.79 Å². The molecule has 2 aromatic heterocycles. The van der Waals surface area contributed by atoms with E-state index in [1.165, 1.54) is 6.07 Å². The lowest BCUT2D eigenvalue weighted by Gasteiger charge is -2.19. The summed E-state index contributed by atoms with van der Waals surface area (Å²) in [6.45, 7) is 0. The quantitative estimate of drug-likeness (QED) is 0.350. The van der Waals surface area contributed by atoms with Crippen molar-refractivity contribution in [1.82, 2.24) is 19.9 Å². The zero-order chi connectivity index (χ0) is 29.0. The molecule has 0 saturated carbocycles. The number of primary sulfonamides is 1. The van der Waals surface area contributed by atoms with E-state index < -0.39 is 48.6 Å². The number of hydrogen-bond acceptors (Lipinski definition) is 7. The van der Waals surface area contributed by atoms with Crippen LogP contribution in [0.1, 0.15) is 22.5 Å². The fourth-order valence-corrected chi connectivity index (χ4v) is 6.82. The van der Waals surface area contributed by atoms with Gasteiger partial charge in [-0.05, 0) is 24.6 Å². The van der Waals surface area contributed by atoms with Gasteiger partial charge in [-0.15, -0.1) is 0 Å². The molecular formula is C24H19ClF3N5O5S2. The van der Waals surface area contributed by atoms with Crippen LogP contribution in [0.5, 0.6) is 0 Å². The van der Waals surface area contributed by atoms with Crippen molar-refractivity contribution in [2.75, 3.05) is 11.5 Å². The minimum atomic E-state index is -4.63. The molecule has 2 aromatic carbocycles. The largest absolute Gasteiger partial charge is 0.416 e. The zero-order valence-corrected chi connectivity index (χ0v) is 22.6. The van der Waals surface area contributed by atoms with Crippen molar-refractivity contribution in [3.05, 3.63) is 70.9 Å². The smallest absolute Gasteiger partial charge is 0.347 e. The predicted octanol–water partition coefficient (Wildman–Crippen LogP) is 3.30. The summed E-state index contributed by atoms with van der Waals surface area (Å²) in [5.41, 5.74) is -0.972. The average molecular weight is 614 g/mol. The molecule has 1 aliphatic rings. The second kappa shape index (κ2) is 9.83. The maximum Gasteiger partial charge on any atom is 0.416 e. The highest BCUT2D eigenvalue weighted by atomic mass is 35.5. The first kappa shape index (κ1) is 28.0. The number of sulfone groups is 1. The first-order valence-electron chi connectivity index (χ1n) is 11.5. The number of fused-ring (bicyclic) bond motifs is 1. The first-order chi connectivity index (χ1) is 18.6. The number of amides is 1. The Kier molecular flexibility index (Phi) is 6.89. The number of carbonyl (C=O) groups excluding carboxylic acids is 1. The second-order valence-electron chi connectivity index (χ2n) is 9.11.